The van der Waals surface area contributed by atoms with Gasteiger partial charge in [0.1, 0.15) is 0 Å². The van der Waals surface area contributed by atoms with Gasteiger partial charge in [0.15, 0.2) is 0 Å². The van der Waals surface area contributed by atoms with Crippen LogP contribution in [0.1, 0.15) is 31.9 Å². The number of rotatable bonds is 6. The number of hydrogen-bond acceptors (Lipinski definition) is 2. The number of nitrogens with one attached hydrogen (secondary N) is 1. The van der Waals surface area contributed by atoms with Gasteiger partial charge in [-0.1, -0.05) is 61.5 Å². The molecule has 0 bridgehead atoms. The molecule has 2 nitrogen and oxygen atoms in total. The quantitative estimate of drug-likeness (QED) is 0.837. The molecule has 0 aromatic heterocycles. The van der Waals surface area contributed by atoms with Crippen LogP contribution in [0, 0.1) is 0 Å². The molecule has 2 aromatic carbocycles. The van der Waals surface area contributed by atoms with Crippen LogP contribution in [-0.4, -0.2) is 12.6 Å². The van der Waals surface area contributed by atoms with E-state index in [2.05, 4.69) is 67.7 Å². The van der Waals surface area contributed by atoms with E-state index >= 15 is 0 Å². The van der Waals surface area contributed by atoms with Crippen molar-refractivity contribution in [3.63, 3.8) is 0 Å². The van der Waals surface area contributed by atoms with Crippen LogP contribution in [0.25, 0.3) is 11.1 Å². The molecular formula is C18H24N2. The van der Waals surface area contributed by atoms with Crippen LogP contribution < -0.4 is 11.1 Å². The lowest BCUT2D eigenvalue weighted by Crippen LogP contribution is -2.34. The smallest absolute Gasteiger partial charge is 0.0446 e. The molecule has 2 aromatic rings. The fraction of sp³-hybridized carbons (Fsp3) is 0.333. The van der Waals surface area contributed by atoms with Crippen LogP contribution >= 0.6 is 0 Å². The van der Waals surface area contributed by atoms with Crippen molar-refractivity contribution in [1.82, 2.24) is 5.32 Å². The van der Waals surface area contributed by atoms with Gasteiger partial charge in [-0.3, -0.25) is 0 Å². The zero-order valence-corrected chi connectivity index (χ0v) is 12.3. The minimum atomic E-state index is 0.231. The first-order valence-electron chi connectivity index (χ1n) is 7.36. The molecule has 0 heterocycles. The van der Waals surface area contributed by atoms with Crippen LogP contribution in [0.15, 0.2) is 54.6 Å². The Morgan fingerprint density at radius 1 is 0.950 bits per heavy atom. The average molecular weight is 268 g/mol. The van der Waals surface area contributed by atoms with Crippen LogP contribution in [0.4, 0.5) is 0 Å². The molecule has 106 valence electrons. The molecule has 0 radical (unpaired) electrons. The molecule has 0 saturated carbocycles. The maximum atomic E-state index is 5.89. The summed E-state index contributed by atoms with van der Waals surface area (Å²) in [5.41, 5.74) is 9.64. The summed E-state index contributed by atoms with van der Waals surface area (Å²) in [4.78, 5) is 0. The molecule has 2 rings (SSSR count). The average Bonchev–Trinajstić information content (AvgIpc) is 2.53. The highest BCUT2D eigenvalue weighted by Crippen LogP contribution is 2.21. The third-order valence-electron chi connectivity index (χ3n) is 3.75. The van der Waals surface area contributed by atoms with Crippen LogP contribution in [0.3, 0.4) is 0 Å². The van der Waals surface area contributed by atoms with E-state index in [1.165, 1.54) is 16.7 Å². The van der Waals surface area contributed by atoms with E-state index in [9.17, 15) is 0 Å². The third kappa shape index (κ3) is 3.69. The number of hydrogen-bond donors (Lipinski definition) is 2. The van der Waals surface area contributed by atoms with Crippen molar-refractivity contribution in [2.45, 2.75) is 32.4 Å². The largest absolute Gasteiger partial charge is 0.329 e. The second kappa shape index (κ2) is 7.22. The Kier molecular flexibility index (Phi) is 5.33. The van der Waals surface area contributed by atoms with Gasteiger partial charge < -0.3 is 11.1 Å². The van der Waals surface area contributed by atoms with Gasteiger partial charge in [0, 0.05) is 18.6 Å². The molecule has 3 N–H and O–H groups in total. The van der Waals surface area contributed by atoms with Gasteiger partial charge in [-0.05, 0) is 30.0 Å². The SMILES string of the molecule is CCC(C)NC(CN)c1ccc(-c2ccccc2)cc1. The summed E-state index contributed by atoms with van der Waals surface area (Å²) in [6.07, 6.45) is 1.11. The maximum absolute atomic E-state index is 5.89. The predicted molar refractivity (Wildman–Crippen MR) is 86.6 cm³/mol. The molecule has 2 atom stereocenters. The van der Waals surface area contributed by atoms with Crippen molar-refractivity contribution < 1.29 is 0 Å². The number of benzene rings is 2. The normalized spacial score (nSPS) is 13.9. The molecule has 2 unspecified atom stereocenters. The van der Waals surface area contributed by atoms with E-state index < -0.39 is 0 Å². The van der Waals surface area contributed by atoms with E-state index in [0.29, 0.717) is 12.6 Å². The lowest BCUT2D eigenvalue weighted by atomic mass is 10.00. The van der Waals surface area contributed by atoms with Gasteiger partial charge in [0.25, 0.3) is 0 Å². The fourth-order valence-electron chi connectivity index (χ4n) is 2.30. The Hall–Kier alpha value is -1.64. The highest BCUT2D eigenvalue weighted by atomic mass is 15.0. The fourth-order valence-corrected chi connectivity index (χ4v) is 2.30. The molecule has 0 spiro atoms. The molecule has 0 amide bonds. The standard InChI is InChI=1S/C18H24N2/c1-3-14(2)20-18(13-19)17-11-9-16(10-12-17)15-7-5-4-6-8-15/h4-12,14,18,20H,3,13,19H2,1-2H3. The Morgan fingerprint density at radius 3 is 2.10 bits per heavy atom. The minimum absolute atomic E-state index is 0.231. The van der Waals surface area contributed by atoms with Crippen molar-refractivity contribution in [2.75, 3.05) is 6.54 Å². The van der Waals surface area contributed by atoms with Crippen LogP contribution in [-0.2, 0) is 0 Å². The maximum Gasteiger partial charge on any atom is 0.0446 e. The van der Waals surface area contributed by atoms with E-state index in [1.54, 1.807) is 0 Å². The molecule has 0 saturated heterocycles. The lowest BCUT2D eigenvalue weighted by molar-refractivity contribution is 0.452. The highest BCUT2D eigenvalue weighted by Gasteiger charge is 2.11. The first-order chi connectivity index (χ1) is 9.74. The summed E-state index contributed by atoms with van der Waals surface area (Å²) in [7, 11) is 0. The predicted octanol–water partition coefficient (Wildman–Crippen LogP) is 3.74. The first-order valence-corrected chi connectivity index (χ1v) is 7.36. The van der Waals surface area contributed by atoms with E-state index in [0.717, 1.165) is 6.42 Å². The molecule has 20 heavy (non-hydrogen) atoms. The van der Waals surface area contributed by atoms with Gasteiger partial charge in [-0.25, -0.2) is 0 Å². The Labute approximate surface area is 122 Å². The summed E-state index contributed by atoms with van der Waals surface area (Å²) >= 11 is 0. The van der Waals surface area contributed by atoms with Gasteiger partial charge >= 0.3 is 0 Å². The summed E-state index contributed by atoms with van der Waals surface area (Å²) in [5, 5.41) is 3.57. The van der Waals surface area contributed by atoms with E-state index in [4.69, 9.17) is 5.73 Å². The minimum Gasteiger partial charge on any atom is -0.329 e. The van der Waals surface area contributed by atoms with Crippen molar-refractivity contribution in [3.05, 3.63) is 60.2 Å². The Bertz CT molecular complexity index is 505. The summed E-state index contributed by atoms with van der Waals surface area (Å²) in [6, 6.07) is 19.8. The van der Waals surface area contributed by atoms with Gasteiger partial charge in [-0.15, -0.1) is 0 Å². The van der Waals surface area contributed by atoms with Crippen LogP contribution in [0.5, 0.6) is 0 Å². The third-order valence-corrected chi connectivity index (χ3v) is 3.75. The van der Waals surface area contributed by atoms with Gasteiger partial charge in [0.2, 0.25) is 0 Å². The molecule has 2 heteroatoms. The second-order valence-electron chi connectivity index (χ2n) is 5.25. The van der Waals surface area contributed by atoms with Crippen molar-refractivity contribution in [1.29, 1.82) is 0 Å². The number of nitrogens with two attached hydrogens (primary N) is 1. The van der Waals surface area contributed by atoms with E-state index in [1.807, 2.05) is 6.07 Å². The zero-order valence-electron chi connectivity index (χ0n) is 12.3. The summed E-state index contributed by atoms with van der Waals surface area (Å²) in [6.45, 7) is 5.00. The molecule has 0 aliphatic rings. The van der Waals surface area contributed by atoms with Crippen LogP contribution in [0.2, 0.25) is 0 Å². The molecule has 0 aliphatic carbocycles. The molecule has 0 fully saturated rings. The Balaban J connectivity index is 2.14. The summed E-state index contributed by atoms with van der Waals surface area (Å²) < 4.78 is 0. The van der Waals surface area contributed by atoms with E-state index in [-0.39, 0.29) is 6.04 Å². The first kappa shape index (κ1) is 14.8. The highest BCUT2D eigenvalue weighted by molar-refractivity contribution is 5.63. The van der Waals surface area contributed by atoms with Gasteiger partial charge in [0.05, 0.1) is 0 Å². The monoisotopic (exact) mass is 268 g/mol. The molecule has 0 aliphatic heterocycles. The second-order valence-corrected chi connectivity index (χ2v) is 5.25. The van der Waals surface area contributed by atoms with Crippen molar-refractivity contribution in [3.8, 4) is 11.1 Å². The van der Waals surface area contributed by atoms with Gasteiger partial charge in [-0.2, -0.15) is 0 Å². The zero-order chi connectivity index (χ0) is 14.4. The molecular weight excluding hydrogens is 244 g/mol. The lowest BCUT2D eigenvalue weighted by Gasteiger charge is -2.22. The van der Waals surface area contributed by atoms with Crippen molar-refractivity contribution in [2.24, 2.45) is 5.73 Å². The summed E-state index contributed by atoms with van der Waals surface area (Å²) in [5.74, 6) is 0. The topological polar surface area (TPSA) is 38.0 Å². The Morgan fingerprint density at radius 2 is 1.55 bits per heavy atom. The van der Waals surface area contributed by atoms with Crippen molar-refractivity contribution >= 4 is 0 Å².